The molecule has 8 heteroatoms. The molecule has 0 heterocycles. The zero-order valence-corrected chi connectivity index (χ0v) is 27.1. The number of rotatable bonds is 11. The van der Waals surface area contributed by atoms with Crippen LogP contribution in [0, 0.1) is 0 Å². The van der Waals surface area contributed by atoms with E-state index in [2.05, 4.69) is 4.74 Å². The zero-order valence-electron chi connectivity index (χ0n) is 26.3. The van der Waals surface area contributed by atoms with Crippen molar-refractivity contribution in [3.05, 3.63) is 139 Å². The van der Waals surface area contributed by atoms with Crippen LogP contribution in [0.25, 0.3) is 0 Å². The molecule has 0 aliphatic heterocycles. The lowest BCUT2D eigenvalue weighted by Crippen LogP contribution is -2.26. The van der Waals surface area contributed by atoms with Gasteiger partial charge in [-0.3, -0.25) is 0 Å². The predicted molar refractivity (Wildman–Crippen MR) is 175 cm³/mol. The molecule has 0 spiro atoms. The molecule has 1 unspecified atom stereocenters. The number of hydrogen-bond acceptors (Lipinski definition) is 4. The summed E-state index contributed by atoms with van der Waals surface area (Å²) in [4.78, 5) is 2.57. The Kier molecular flexibility index (Phi) is 9.58. The summed E-state index contributed by atoms with van der Waals surface area (Å²) in [7, 11) is 0.814. The highest BCUT2D eigenvalue weighted by Crippen LogP contribution is 2.43. The fourth-order valence-electron chi connectivity index (χ4n) is 5.08. The van der Waals surface area contributed by atoms with Crippen molar-refractivity contribution in [2.24, 2.45) is 0 Å². The van der Waals surface area contributed by atoms with Gasteiger partial charge in [-0.2, -0.15) is 0 Å². The summed E-state index contributed by atoms with van der Waals surface area (Å²) < 4.78 is 63.7. The lowest BCUT2D eigenvalue weighted by molar-refractivity contribution is -0.275. The van der Waals surface area contributed by atoms with E-state index in [1.807, 2.05) is 137 Å². The van der Waals surface area contributed by atoms with Gasteiger partial charge in [-0.1, -0.05) is 78.9 Å². The second kappa shape index (κ2) is 13.4. The molecular formula is C38H36F3O4S+. The third-order valence-electron chi connectivity index (χ3n) is 7.39. The standard InChI is InChI=1S/C38H36F3O4S/c1-36(2,27-15-9-6-10-16-27)43-34-25-30(21-23-32(34)42-5)46(29-19-13-8-14-20-29)31-22-24-33(45-38(39,40)41)35(26-31)44-37(3,4)28-17-11-7-12-18-28/h6-26H,1-5H3/q+1. The van der Waals surface area contributed by atoms with Crippen molar-refractivity contribution in [3.63, 3.8) is 0 Å². The average Bonchev–Trinajstić information content (AvgIpc) is 3.03. The molecule has 4 nitrogen and oxygen atoms in total. The zero-order chi connectivity index (χ0) is 33.0. The van der Waals surface area contributed by atoms with Gasteiger partial charge in [0.2, 0.25) is 0 Å². The quantitative estimate of drug-likeness (QED) is 0.134. The summed E-state index contributed by atoms with van der Waals surface area (Å²) in [6.45, 7) is 7.60. The van der Waals surface area contributed by atoms with Gasteiger partial charge in [-0.25, -0.2) is 0 Å². The Morgan fingerprint density at radius 1 is 0.457 bits per heavy atom. The van der Waals surface area contributed by atoms with Crippen LogP contribution in [0.3, 0.4) is 0 Å². The number of alkyl halides is 3. The smallest absolute Gasteiger partial charge is 0.493 e. The van der Waals surface area contributed by atoms with E-state index in [4.69, 9.17) is 14.2 Å². The maximum absolute atomic E-state index is 13.5. The van der Waals surface area contributed by atoms with Gasteiger partial charge in [0.05, 0.1) is 18.0 Å². The van der Waals surface area contributed by atoms with Crippen LogP contribution in [0.15, 0.2) is 142 Å². The Labute approximate surface area is 271 Å². The van der Waals surface area contributed by atoms with Crippen LogP contribution in [-0.4, -0.2) is 13.5 Å². The first kappa shape index (κ1) is 32.8. The highest BCUT2D eigenvalue weighted by molar-refractivity contribution is 7.97. The molecule has 46 heavy (non-hydrogen) atoms. The van der Waals surface area contributed by atoms with Crippen LogP contribution in [-0.2, 0) is 22.1 Å². The van der Waals surface area contributed by atoms with Gasteiger partial charge < -0.3 is 18.9 Å². The van der Waals surface area contributed by atoms with Crippen LogP contribution in [0.1, 0.15) is 38.8 Å². The van der Waals surface area contributed by atoms with Gasteiger partial charge in [0.25, 0.3) is 0 Å². The van der Waals surface area contributed by atoms with Crippen LogP contribution in [0.5, 0.6) is 23.0 Å². The van der Waals surface area contributed by atoms with Crippen molar-refractivity contribution in [1.82, 2.24) is 0 Å². The Hall–Kier alpha value is -4.56. The molecule has 0 aromatic heterocycles. The Morgan fingerprint density at radius 2 is 0.870 bits per heavy atom. The molecule has 0 N–H and O–H groups in total. The minimum atomic E-state index is -4.90. The second-order valence-electron chi connectivity index (χ2n) is 11.5. The number of methoxy groups -OCH3 is 1. The fraction of sp³-hybridized carbons (Fsp3) is 0.211. The average molecular weight is 646 g/mol. The molecule has 0 bridgehead atoms. The largest absolute Gasteiger partial charge is 0.573 e. The highest BCUT2D eigenvalue weighted by Gasteiger charge is 2.37. The van der Waals surface area contributed by atoms with E-state index >= 15 is 0 Å². The molecule has 0 fully saturated rings. The van der Waals surface area contributed by atoms with Crippen molar-refractivity contribution in [3.8, 4) is 23.0 Å². The second-order valence-corrected chi connectivity index (χ2v) is 13.6. The van der Waals surface area contributed by atoms with E-state index in [-0.39, 0.29) is 5.75 Å². The predicted octanol–water partition coefficient (Wildman–Crippen LogP) is 10.3. The molecule has 238 valence electrons. The first-order valence-corrected chi connectivity index (χ1v) is 15.9. The summed E-state index contributed by atoms with van der Waals surface area (Å²) in [5.41, 5.74) is 0.157. The van der Waals surface area contributed by atoms with E-state index in [1.165, 1.54) is 6.07 Å². The van der Waals surface area contributed by atoms with Crippen molar-refractivity contribution in [2.45, 2.75) is 59.9 Å². The minimum absolute atomic E-state index is 0.0210. The van der Waals surface area contributed by atoms with E-state index in [1.54, 1.807) is 19.2 Å². The SMILES string of the molecule is COc1ccc([S+](c2ccccc2)c2ccc(OC(F)(F)F)c(OC(C)(C)c3ccccc3)c2)cc1OC(C)(C)c1ccccc1. The van der Waals surface area contributed by atoms with Crippen LogP contribution >= 0.6 is 0 Å². The van der Waals surface area contributed by atoms with Gasteiger partial charge in [-0.05, 0) is 75.2 Å². The summed E-state index contributed by atoms with van der Waals surface area (Å²) in [6.07, 6.45) is -4.90. The normalized spacial score (nSPS) is 12.7. The third-order valence-corrected chi connectivity index (χ3v) is 9.59. The van der Waals surface area contributed by atoms with Crippen LogP contribution in [0.2, 0.25) is 0 Å². The first-order valence-electron chi connectivity index (χ1n) is 14.7. The molecule has 0 saturated carbocycles. The maximum atomic E-state index is 13.5. The Bertz CT molecular complexity index is 1740. The van der Waals surface area contributed by atoms with E-state index in [0.29, 0.717) is 11.5 Å². The lowest BCUT2D eigenvalue weighted by atomic mass is 9.98. The van der Waals surface area contributed by atoms with Gasteiger partial charge in [0.1, 0.15) is 11.2 Å². The number of hydrogen-bond donors (Lipinski definition) is 0. The molecule has 0 saturated heterocycles. The third kappa shape index (κ3) is 7.80. The molecule has 0 amide bonds. The van der Waals surface area contributed by atoms with Gasteiger partial charge >= 0.3 is 6.36 Å². The fourth-order valence-corrected chi connectivity index (χ4v) is 7.18. The van der Waals surface area contributed by atoms with E-state index < -0.39 is 34.2 Å². The first-order chi connectivity index (χ1) is 21.9. The number of ether oxygens (including phenoxy) is 4. The minimum Gasteiger partial charge on any atom is -0.493 e. The lowest BCUT2D eigenvalue weighted by Gasteiger charge is -2.28. The summed E-state index contributed by atoms with van der Waals surface area (Å²) in [5.74, 6) is 0.667. The number of halogens is 3. The Balaban J connectivity index is 1.62. The van der Waals surface area contributed by atoms with Crippen molar-refractivity contribution in [2.75, 3.05) is 7.11 Å². The molecule has 0 radical (unpaired) electrons. The van der Waals surface area contributed by atoms with Gasteiger partial charge in [-0.15, -0.1) is 13.2 Å². The molecule has 5 aromatic rings. The topological polar surface area (TPSA) is 36.9 Å². The van der Waals surface area contributed by atoms with Crippen molar-refractivity contribution in [1.29, 1.82) is 0 Å². The molecule has 1 atom stereocenters. The molecule has 0 aliphatic carbocycles. The maximum Gasteiger partial charge on any atom is 0.573 e. The van der Waals surface area contributed by atoms with E-state index in [9.17, 15) is 13.2 Å². The van der Waals surface area contributed by atoms with Gasteiger partial charge in [0.15, 0.2) is 37.7 Å². The van der Waals surface area contributed by atoms with Crippen molar-refractivity contribution >= 4 is 10.9 Å². The number of benzene rings is 5. The van der Waals surface area contributed by atoms with Crippen LogP contribution < -0.4 is 18.9 Å². The van der Waals surface area contributed by atoms with E-state index in [0.717, 1.165) is 25.8 Å². The molecule has 5 rings (SSSR count). The van der Waals surface area contributed by atoms with Crippen molar-refractivity contribution < 1.29 is 32.1 Å². The summed E-state index contributed by atoms with van der Waals surface area (Å²) >= 11 is 0. The van der Waals surface area contributed by atoms with Crippen LogP contribution in [0.4, 0.5) is 13.2 Å². The monoisotopic (exact) mass is 645 g/mol. The molecular weight excluding hydrogens is 609 g/mol. The molecule has 5 aromatic carbocycles. The Morgan fingerprint density at radius 3 is 1.30 bits per heavy atom. The van der Waals surface area contributed by atoms with Gasteiger partial charge in [0, 0.05) is 12.1 Å². The summed E-state index contributed by atoms with van der Waals surface area (Å²) in [5, 5.41) is 0. The summed E-state index contributed by atoms with van der Waals surface area (Å²) in [6, 6.07) is 39.4. The molecule has 0 aliphatic rings. The highest BCUT2D eigenvalue weighted by atomic mass is 32.2.